The van der Waals surface area contributed by atoms with Gasteiger partial charge < -0.3 is 19.6 Å². The highest BCUT2D eigenvalue weighted by Crippen LogP contribution is 2.05. The Labute approximate surface area is 103 Å². The fourth-order valence-corrected chi connectivity index (χ4v) is 1.56. The Kier molecular flexibility index (Phi) is 8.65. The lowest BCUT2D eigenvalue weighted by Gasteiger charge is -2.12. The standard InChI is InChI=1S/C10H21NO5Si/c1-8(4-5-16-17(2)3)10(13)15-7-14-9(12)6-11/h8,17H,4-7,11H2,1-3H3. The molecule has 0 spiro atoms. The Morgan fingerprint density at radius 2 is 1.94 bits per heavy atom. The van der Waals surface area contributed by atoms with Crippen molar-refractivity contribution in [3.8, 4) is 0 Å². The van der Waals surface area contributed by atoms with Crippen LogP contribution in [0.15, 0.2) is 0 Å². The molecule has 0 aliphatic carbocycles. The maximum atomic E-state index is 11.4. The van der Waals surface area contributed by atoms with E-state index in [1.807, 2.05) is 0 Å². The molecular formula is C10H21NO5Si. The Balaban J connectivity index is 3.64. The molecule has 0 radical (unpaired) electrons. The summed E-state index contributed by atoms with van der Waals surface area (Å²) in [6.45, 7) is 5.84. The number of carbonyl (C=O) groups is 2. The highest BCUT2D eigenvalue weighted by molar-refractivity contribution is 6.48. The van der Waals surface area contributed by atoms with E-state index in [4.69, 9.17) is 14.9 Å². The van der Waals surface area contributed by atoms with Crippen molar-refractivity contribution in [2.45, 2.75) is 26.4 Å². The van der Waals surface area contributed by atoms with Gasteiger partial charge in [-0.05, 0) is 19.5 Å². The Bertz CT molecular complexity index is 247. The second-order valence-corrected chi connectivity index (χ2v) is 6.34. The van der Waals surface area contributed by atoms with Crippen molar-refractivity contribution in [2.24, 2.45) is 11.7 Å². The summed E-state index contributed by atoms with van der Waals surface area (Å²) < 4.78 is 14.7. The van der Waals surface area contributed by atoms with Gasteiger partial charge in [0.05, 0.1) is 12.5 Å². The van der Waals surface area contributed by atoms with Gasteiger partial charge in [0.2, 0.25) is 6.79 Å². The molecule has 1 atom stereocenters. The van der Waals surface area contributed by atoms with Crippen molar-refractivity contribution in [2.75, 3.05) is 19.9 Å². The van der Waals surface area contributed by atoms with Crippen molar-refractivity contribution in [3.05, 3.63) is 0 Å². The van der Waals surface area contributed by atoms with Gasteiger partial charge in [-0.2, -0.15) is 0 Å². The first-order chi connectivity index (χ1) is 7.97. The van der Waals surface area contributed by atoms with Gasteiger partial charge in [0.15, 0.2) is 9.04 Å². The predicted octanol–water partition coefficient (Wildman–Crippen LogP) is 0.0152. The molecule has 100 valence electrons. The molecule has 0 saturated heterocycles. The smallest absolute Gasteiger partial charge is 0.322 e. The summed E-state index contributed by atoms with van der Waals surface area (Å²) in [6.07, 6.45) is 0.606. The first-order valence-corrected chi connectivity index (χ1v) is 8.39. The maximum Gasteiger partial charge on any atom is 0.322 e. The summed E-state index contributed by atoms with van der Waals surface area (Å²) in [4.78, 5) is 22.1. The van der Waals surface area contributed by atoms with Gasteiger partial charge in [-0.1, -0.05) is 6.92 Å². The zero-order valence-corrected chi connectivity index (χ0v) is 11.8. The monoisotopic (exact) mass is 263 g/mol. The second-order valence-electron chi connectivity index (χ2n) is 3.91. The Hall–Kier alpha value is -0.923. The molecule has 0 amide bonds. The highest BCUT2D eigenvalue weighted by Gasteiger charge is 2.15. The van der Waals surface area contributed by atoms with Crippen LogP contribution in [0.2, 0.25) is 13.1 Å². The molecule has 0 aliphatic heterocycles. The molecule has 0 saturated carbocycles. The van der Waals surface area contributed by atoms with Crippen LogP contribution in [0.5, 0.6) is 0 Å². The molecule has 6 nitrogen and oxygen atoms in total. The average molecular weight is 263 g/mol. The van der Waals surface area contributed by atoms with Gasteiger partial charge in [0, 0.05) is 6.61 Å². The normalized spacial score (nSPS) is 12.3. The van der Waals surface area contributed by atoms with Gasteiger partial charge in [-0.15, -0.1) is 0 Å². The number of hydrogen-bond acceptors (Lipinski definition) is 6. The third-order valence-electron chi connectivity index (χ3n) is 1.99. The molecule has 0 bridgehead atoms. The van der Waals surface area contributed by atoms with Crippen molar-refractivity contribution >= 4 is 21.0 Å². The van der Waals surface area contributed by atoms with E-state index in [9.17, 15) is 9.59 Å². The van der Waals surface area contributed by atoms with E-state index in [0.717, 1.165) is 0 Å². The SMILES string of the molecule is CC(CCO[SiH](C)C)C(=O)OCOC(=O)CN. The lowest BCUT2D eigenvalue weighted by Crippen LogP contribution is -2.23. The van der Waals surface area contributed by atoms with E-state index in [0.29, 0.717) is 13.0 Å². The molecule has 7 heteroatoms. The molecule has 0 fully saturated rings. The van der Waals surface area contributed by atoms with Crippen LogP contribution < -0.4 is 5.73 Å². The van der Waals surface area contributed by atoms with Crippen LogP contribution in [0.25, 0.3) is 0 Å². The zero-order chi connectivity index (χ0) is 13.3. The quantitative estimate of drug-likeness (QED) is 0.377. The number of carbonyl (C=O) groups excluding carboxylic acids is 2. The molecular weight excluding hydrogens is 242 g/mol. The summed E-state index contributed by atoms with van der Waals surface area (Å²) in [5.74, 6) is -1.26. The summed E-state index contributed by atoms with van der Waals surface area (Å²) in [5, 5.41) is 0. The van der Waals surface area contributed by atoms with Crippen LogP contribution in [0.4, 0.5) is 0 Å². The number of rotatable bonds is 8. The summed E-state index contributed by atoms with van der Waals surface area (Å²) in [6, 6.07) is 0. The van der Waals surface area contributed by atoms with Crippen LogP contribution in [0.1, 0.15) is 13.3 Å². The van der Waals surface area contributed by atoms with Crippen molar-refractivity contribution < 1.29 is 23.5 Å². The molecule has 0 aromatic heterocycles. The Morgan fingerprint density at radius 3 is 2.47 bits per heavy atom. The van der Waals surface area contributed by atoms with Crippen molar-refractivity contribution in [3.63, 3.8) is 0 Å². The summed E-state index contributed by atoms with van der Waals surface area (Å²) in [5.41, 5.74) is 5.02. The van der Waals surface area contributed by atoms with Crippen LogP contribution in [0.3, 0.4) is 0 Å². The topological polar surface area (TPSA) is 87.9 Å². The predicted molar refractivity (Wildman–Crippen MR) is 64.7 cm³/mol. The minimum atomic E-state index is -1.04. The first kappa shape index (κ1) is 16.1. The second kappa shape index (κ2) is 9.14. The van der Waals surface area contributed by atoms with Crippen molar-refractivity contribution in [1.82, 2.24) is 0 Å². The Morgan fingerprint density at radius 1 is 1.29 bits per heavy atom. The van der Waals surface area contributed by atoms with Crippen LogP contribution in [0, 0.1) is 5.92 Å². The van der Waals surface area contributed by atoms with Crippen molar-refractivity contribution in [1.29, 1.82) is 0 Å². The number of nitrogens with two attached hydrogens (primary N) is 1. The fraction of sp³-hybridized carbons (Fsp3) is 0.800. The summed E-state index contributed by atoms with van der Waals surface area (Å²) in [7, 11) is -1.04. The minimum absolute atomic E-state index is 0.222. The maximum absolute atomic E-state index is 11.4. The average Bonchev–Trinajstić information content (AvgIpc) is 2.27. The molecule has 0 aliphatic rings. The van der Waals surface area contributed by atoms with Gasteiger partial charge in [0.1, 0.15) is 0 Å². The third-order valence-corrected chi connectivity index (χ3v) is 2.89. The van der Waals surface area contributed by atoms with E-state index in [2.05, 4.69) is 17.8 Å². The van der Waals surface area contributed by atoms with E-state index >= 15 is 0 Å². The lowest BCUT2D eigenvalue weighted by molar-refractivity contribution is -0.169. The van der Waals surface area contributed by atoms with E-state index < -0.39 is 21.0 Å². The molecule has 0 aromatic carbocycles. The molecule has 17 heavy (non-hydrogen) atoms. The molecule has 0 aromatic rings. The fourth-order valence-electron chi connectivity index (χ4n) is 0.953. The number of esters is 2. The third kappa shape index (κ3) is 8.84. The van der Waals surface area contributed by atoms with Gasteiger partial charge in [0.25, 0.3) is 0 Å². The molecule has 0 heterocycles. The minimum Gasteiger partial charge on any atom is -0.428 e. The molecule has 0 rings (SSSR count). The van der Waals surface area contributed by atoms with E-state index in [1.165, 1.54) is 0 Å². The molecule has 2 N–H and O–H groups in total. The van der Waals surface area contributed by atoms with Gasteiger partial charge >= 0.3 is 11.9 Å². The molecule has 1 unspecified atom stereocenters. The van der Waals surface area contributed by atoms with Gasteiger partial charge in [-0.3, -0.25) is 9.59 Å². The number of hydrogen-bond donors (Lipinski definition) is 1. The highest BCUT2D eigenvalue weighted by atomic mass is 28.3. The summed E-state index contributed by atoms with van der Waals surface area (Å²) >= 11 is 0. The number of ether oxygens (including phenoxy) is 2. The zero-order valence-electron chi connectivity index (χ0n) is 10.6. The van der Waals surface area contributed by atoms with Crippen LogP contribution in [-0.2, 0) is 23.5 Å². The van der Waals surface area contributed by atoms with Gasteiger partial charge in [-0.25, -0.2) is 0 Å². The van der Waals surface area contributed by atoms with Crippen LogP contribution in [-0.4, -0.2) is 40.9 Å². The van der Waals surface area contributed by atoms with Crippen LogP contribution >= 0.6 is 0 Å². The lowest BCUT2D eigenvalue weighted by atomic mass is 10.1. The first-order valence-electron chi connectivity index (χ1n) is 5.61. The van der Waals surface area contributed by atoms with E-state index in [1.54, 1.807) is 6.92 Å². The largest absolute Gasteiger partial charge is 0.428 e. The van der Waals surface area contributed by atoms with E-state index in [-0.39, 0.29) is 19.3 Å².